The fourth-order valence-corrected chi connectivity index (χ4v) is 15.2. The summed E-state index contributed by atoms with van der Waals surface area (Å²) in [5, 5.41) is 4.66. The molecule has 478 valence electrons. The molecule has 0 fully saturated rings. The van der Waals surface area contributed by atoms with Gasteiger partial charge in [0, 0.05) is 77.8 Å². The molecular weight excluding hydrogens is 1160 g/mol. The summed E-state index contributed by atoms with van der Waals surface area (Å²) >= 11 is 0. The predicted molar refractivity (Wildman–Crippen MR) is 416 cm³/mol. The van der Waals surface area contributed by atoms with Crippen LogP contribution in [0.1, 0.15) is 169 Å². The summed E-state index contributed by atoms with van der Waals surface area (Å²) in [6.45, 7) is 40.4. The molecule has 0 saturated heterocycles. The molecule has 0 spiro atoms. The van der Waals surface area contributed by atoms with Crippen LogP contribution in [0.5, 0.6) is 0 Å². The van der Waals surface area contributed by atoms with E-state index in [0.717, 1.165) is 117 Å². The molecule has 0 atom stereocenters. The van der Waals surface area contributed by atoms with Crippen LogP contribution in [-0.2, 0) is 32.5 Å². The van der Waals surface area contributed by atoms with Gasteiger partial charge in [-0.05, 0) is 191 Å². The normalized spacial score (nSPS) is 15.0. The summed E-state index contributed by atoms with van der Waals surface area (Å²) in [6, 6.07) is 60.1. The molecule has 5 nitrogen and oxygen atoms in total. The minimum absolute atomic E-state index is 0.0166. The van der Waals surface area contributed by atoms with Crippen LogP contribution in [0, 0.1) is 0 Å². The van der Waals surface area contributed by atoms with Crippen LogP contribution in [0.15, 0.2) is 218 Å². The smallest absolute Gasteiger partial charge is 0.252 e. The van der Waals surface area contributed by atoms with Crippen LogP contribution in [0.3, 0.4) is 0 Å². The minimum atomic E-state index is -0.493. The number of aromatic nitrogens is 3. The summed E-state index contributed by atoms with van der Waals surface area (Å²) in [5.74, 6) is 0. The Labute approximate surface area is 580 Å². The van der Waals surface area contributed by atoms with Crippen molar-refractivity contribution < 1.29 is 11.0 Å². The molecule has 0 saturated carbocycles. The molecule has 14 aromatic rings. The minimum Gasteiger partial charge on any atom is -0.311 e. The van der Waals surface area contributed by atoms with Gasteiger partial charge in [0.2, 0.25) is 0 Å². The van der Waals surface area contributed by atoms with Crippen molar-refractivity contribution in [1.29, 1.82) is 0 Å². The Balaban J connectivity index is 1.12. The van der Waals surface area contributed by atoms with E-state index in [9.17, 15) is 11.0 Å². The van der Waals surface area contributed by atoms with Gasteiger partial charge >= 0.3 is 0 Å². The van der Waals surface area contributed by atoms with Gasteiger partial charge in [0.25, 0.3) is 6.71 Å². The van der Waals surface area contributed by atoms with Gasteiger partial charge in [0.1, 0.15) is 0 Å². The number of hydrogen-bond donors (Lipinski definition) is 0. The summed E-state index contributed by atoms with van der Waals surface area (Å²) < 4.78 is 83.3. The maximum absolute atomic E-state index is 10.0. The first-order valence-corrected chi connectivity index (χ1v) is 34.2. The van der Waals surface area contributed by atoms with Gasteiger partial charge in [0.05, 0.1) is 49.8 Å². The lowest BCUT2D eigenvalue weighted by Crippen LogP contribution is -2.61. The topological polar surface area (TPSA) is 21.3 Å². The number of rotatable bonds is 5. The predicted octanol–water partition coefficient (Wildman–Crippen LogP) is 22.8. The van der Waals surface area contributed by atoms with Crippen LogP contribution < -0.4 is 26.2 Å². The van der Waals surface area contributed by atoms with E-state index in [1.807, 2.05) is 0 Å². The van der Waals surface area contributed by atoms with Crippen molar-refractivity contribution in [3.63, 3.8) is 0 Å². The monoisotopic (exact) mass is 1260 g/mol. The van der Waals surface area contributed by atoms with Crippen molar-refractivity contribution in [1.82, 2.24) is 13.7 Å². The average Bonchev–Trinajstić information content (AvgIpc) is 1.12. The first-order valence-electron chi connectivity index (χ1n) is 38.2. The fraction of sp³-hybridized carbons (Fsp3) is 0.267. The first-order chi connectivity index (χ1) is 48.7. The zero-order chi connectivity index (χ0) is 74.2. The van der Waals surface area contributed by atoms with Gasteiger partial charge < -0.3 is 23.5 Å². The van der Waals surface area contributed by atoms with Crippen molar-refractivity contribution in [2.45, 2.75) is 157 Å². The van der Waals surface area contributed by atoms with E-state index < -0.39 is 30.9 Å². The standard InChI is InChI=1S/C90H90BN5/c1-85(2,3)55-35-41-78-70(49-55)71-50-56(86(4,5)6)36-42-79(71)93(78)62-38-40-73-81(52-62)96(64-47-59(89(13,14)15)44-60(48-64)90(16,17)18)83-54-65(94-76-33-25-21-29-68(76)69-30-22-26-34-77(69)94)53-82-84(83)91(73)72-39-37-61(92-74-31-23-19-27-66(74)67-28-20-24-32-75(67)92)51-80(72)95(82)63-45-57(87(7,8)9)43-58(46-63)88(10,11)12/h19-54H,1-18H3/i21D,22D,25D,26D,29D,30D,33D,34D. The molecule has 3 aromatic heterocycles. The van der Waals surface area contributed by atoms with Gasteiger partial charge in [-0.25, -0.2) is 0 Å². The summed E-state index contributed by atoms with van der Waals surface area (Å²) in [6.07, 6.45) is 0. The quantitative estimate of drug-likeness (QED) is 0.160. The molecule has 0 aliphatic carbocycles. The third-order valence-corrected chi connectivity index (χ3v) is 20.7. The molecule has 0 radical (unpaired) electrons. The number of anilines is 6. The van der Waals surface area contributed by atoms with E-state index in [2.05, 4.69) is 313 Å². The van der Waals surface area contributed by atoms with Crippen molar-refractivity contribution in [3.05, 3.63) is 252 Å². The lowest BCUT2D eigenvalue weighted by atomic mass is 9.33. The number of nitrogens with zero attached hydrogens (tertiary/aromatic N) is 5. The van der Waals surface area contributed by atoms with E-state index in [-0.39, 0.29) is 78.5 Å². The molecule has 11 aromatic carbocycles. The highest BCUT2D eigenvalue weighted by molar-refractivity contribution is 7.00. The Morgan fingerprint density at radius 1 is 0.260 bits per heavy atom. The van der Waals surface area contributed by atoms with Crippen molar-refractivity contribution >= 4 is 123 Å². The van der Waals surface area contributed by atoms with E-state index in [1.165, 1.54) is 21.9 Å². The molecule has 6 heteroatoms. The SMILES string of the molecule is [2H]c1c([2H])c([2H])c2c(c1[2H])c1c([2H])c([2H])c([2H])c([2H])c1n2-c1cc2c3c(c1)N(c1cc(C(C)(C)C)cc(C(C)(C)C)c1)c1cc(-n4c5ccc(C(C)(C)C)cc5c5cc(C(C)(C)C)ccc54)ccc1B3c1ccc(-n3c4ccccc4c4ccccc43)cc1N2c1cc(C(C)(C)C)cc(C(C)(C)C)c1. The molecule has 5 heterocycles. The fourth-order valence-electron chi connectivity index (χ4n) is 15.2. The van der Waals surface area contributed by atoms with Crippen molar-refractivity contribution in [3.8, 4) is 17.1 Å². The van der Waals surface area contributed by atoms with E-state index in [1.54, 1.807) is 4.57 Å². The Kier molecular flexibility index (Phi) is 11.5. The Bertz CT molecular complexity index is 5800. The Hall–Kier alpha value is -9.52. The number of para-hydroxylation sites is 4. The molecule has 0 unspecified atom stereocenters. The van der Waals surface area contributed by atoms with Gasteiger partial charge in [-0.3, -0.25) is 0 Å². The third-order valence-electron chi connectivity index (χ3n) is 20.7. The van der Waals surface area contributed by atoms with Crippen LogP contribution in [0.2, 0.25) is 0 Å². The first kappa shape index (κ1) is 52.7. The second-order valence-electron chi connectivity index (χ2n) is 33.5. The molecule has 0 N–H and O–H groups in total. The van der Waals surface area contributed by atoms with E-state index in [0.29, 0.717) is 5.69 Å². The zero-order valence-corrected chi connectivity index (χ0v) is 59.0. The van der Waals surface area contributed by atoms with Crippen molar-refractivity contribution in [2.75, 3.05) is 9.80 Å². The second kappa shape index (κ2) is 21.0. The van der Waals surface area contributed by atoms with E-state index >= 15 is 0 Å². The molecule has 0 bridgehead atoms. The molecule has 0 amide bonds. The second-order valence-corrected chi connectivity index (χ2v) is 33.5. The maximum atomic E-state index is 10.0. The zero-order valence-electron chi connectivity index (χ0n) is 67.0. The largest absolute Gasteiger partial charge is 0.311 e. The Morgan fingerprint density at radius 2 is 0.594 bits per heavy atom. The Morgan fingerprint density at radius 3 is 0.969 bits per heavy atom. The highest BCUT2D eigenvalue weighted by atomic mass is 15.2. The van der Waals surface area contributed by atoms with Gasteiger partial charge in [-0.15, -0.1) is 0 Å². The van der Waals surface area contributed by atoms with Gasteiger partial charge in [-0.2, -0.15) is 0 Å². The molecule has 2 aliphatic heterocycles. The molecule has 2 aliphatic rings. The van der Waals surface area contributed by atoms with Crippen LogP contribution in [0.4, 0.5) is 34.1 Å². The molecule has 96 heavy (non-hydrogen) atoms. The average molecular weight is 1260 g/mol. The van der Waals surface area contributed by atoms with Crippen LogP contribution in [-0.4, -0.2) is 20.4 Å². The number of benzene rings is 11. The molecule has 16 rings (SSSR count). The molecular formula is C90H90BN5. The van der Waals surface area contributed by atoms with Gasteiger partial charge in [0.15, 0.2) is 0 Å². The van der Waals surface area contributed by atoms with Crippen LogP contribution >= 0.6 is 0 Å². The maximum Gasteiger partial charge on any atom is 0.252 e. The lowest BCUT2D eigenvalue weighted by Gasteiger charge is -2.45. The number of fused-ring (bicyclic) bond motifs is 13. The number of hydrogen-bond acceptors (Lipinski definition) is 2. The summed E-state index contributed by atoms with van der Waals surface area (Å²) in [5.41, 5.74) is 20.8. The lowest BCUT2D eigenvalue weighted by molar-refractivity contribution is 0.568. The summed E-state index contributed by atoms with van der Waals surface area (Å²) in [7, 11) is 0. The van der Waals surface area contributed by atoms with Crippen LogP contribution in [0.25, 0.3) is 82.5 Å². The van der Waals surface area contributed by atoms with Crippen molar-refractivity contribution in [2.24, 2.45) is 0 Å². The summed E-state index contributed by atoms with van der Waals surface area (Å²) in [4.78, 5) is 4.86. The third kappa shape index (κ3) is 9.69. The van der Waals surface area contributed by atoms with Gasteiger partial charge in [-0.1, -0.05) is 234 Å². The highest BCUT2D eigenvalue weighted by Gasteiger charge is 2.45. The van der Waals surface area contributed by atoms with E-state index in [4.69, 9.17) is 0 Å². The highest BCUT2D eigenvalue weighted by Crippen LogP contribution is 2.51.